The molecule has 2 atom stereocenters. The van der Waals surface area contributed by atoms with Crippen molar-refractivity contribution in [3.8, 4) is 17.1 Å². The van der Waals surface area contributed by atoms with Crippen LogP contribution in [-0.4, -0.2) is 28.3 Å². The molecular formula is C40H32N6. The minimum atomic E-state index is 0.329. The predicted octanol–water partition coefficient (Wildman–Crippen LogP) is 9.47. The second-order valence-corrected chi connectivity index (χ2v) is 13.4. The summed E-state index contributed by atoms with van der Waals surface area (Å²) in [6, 6.07) is 41.2. The molecule has 0 saturated heterocycles. The zero-order valence-electron chi connectivity index (χ0n) is 26.0. The maximum atomic E-state index is 5.12. The summed E-state index contributed by atoms with van der Waals surface area (Å²) in [5.41, 5.74) is 11.6. The zero-order chi connectivity index (χ0) is 30.7. The van der Waals surface area contributed by atoms with Gasteiger partial charge in [0, 0.05) is 22.7 Å². The van der Waals surface area contributed by atoms with E-state index in [-0.39, 0.29) is 0 Å². The molecule has 0 spiro atoms. The second kappa shape index (κ2) is 8.98. The summed E-state index contributed by atoms with van der Waals surface area (Å²) in [5.74, 6) is 2.14. The topological polar surface area (TPSA) is 45.0 Å². The molecule has 1 saturated carbocycles. The largest absolute Gasteiger partial charge is 0.309 e. The predicted molar refractivity (Wildman–Crippen MR) is 187 cm³/mol. The van der Waals surface area contributed by atoms with Gasteiger partial charge in [0.2, 0.25) is 5.78 Å². The Morgan fingerprint density at radius 2 is 1.28 bits per heavy atom. The van der Waals surface area contributed by atoms with E-state index in [2.05, 4.69) is 162 Å². The number of hydrogen-bond acceptors (Lipinski definition) is 2. The van der Waals surface area contributed by atoms with Crippen LogP contribution in [0.15, 0.2) is 128 Å². The molecule has 1 fully saturated rings. The lowest BCUT2D eigenvalue weighted by Gasteiger charge is -2.11. The second-order valence-electron chi connectivity index (χ2n) is 13.4. The molecule has 0 N–H and O–H groups in total. The number of aromatic nitrogens is 6. The Morgan fingerprint density at radius 1 is 0.609 bits per heavy atom. The lowest BCUT2D eigenvalue weighted by Crippen LogP contribution is -2.00. The van der Waals surface area contributed by atoms with Gasteiger partial charge in [-0.3, -0.25) is 8.97 Å². The number of para-hydroxylation sites is 5. The van der Waals surface area contributed by atoms with Crippen LogP contribution >= 0.6 is 0 Å². The van der Waals surface area contributed by atoms with E-state index in [9.17, 15) is 0 Å². The van der Waals surface area contributed by atoms with Gasteiger partial charge in [0.05, 0.1) is 50.7 Å². The molecule has 1 aliphatic carbocycles. The van der Waals surface area contributed by atoms with Crippen molar-refractivity contribution in [2.45, 2.75) is 26.7 Å². The van der Waals surface area contributed by atoms with E-state index in [1.165, 1.54) is 21.9 Å². The third-order valence-corrected chi connectivity index (χ3v) is 10.7. The minimum absolute atomic E-state index is 0.329. The van der Waals surface area contributed by atoms with Gasteiger partial charge in [0.25, 0.3) is 0 Å². The Kier molecular flexibility index (Phi) is 5.01. The average molecular weight is 597 g/mol. The number of nitrogens with zero attached hydrogens (tertiary/aromatic N) is 6. The van der Waals surface area contributed by atoms with Crippen molar-refractivity contribution in [2.24, 2.45) is 11.3 Å². The highest BCUT2D eigenvalue weighted by Gasteiger charge is 2.55. The smallest absolute Gasteiger partial charge is 0.220 e. The molecule has 1 unspecified atom stereocenters. The summed E-state index contributed by atoms with van der Waals surface area (Å²) in [6.07, 6.45) is 4.27. The first-order valence-corrected chi connectivity index (χ1v) is 16.0. The molecule has 10 rings (SSSR count). The fourth-order valence-corrected chi connectivity index (χ4v) is 8.01. The van der Waals surface area contributed by atoms with E-state index in [0.29, 0.717) is 17.3 Å². The van der Waals surface area contributed by atoms with E-state index in [1.54, 1.807) is 0 Å². The first-order valence-electron chi connectivity index (χ1n) is 16.0. The van der Waals surface area contributed by atoms with Gasteiger partial charge < -0.3 is 4.57 Å². The van der Waals surface area contributed by atoms with Gasteiger partial charge in [-0.25, -0.2) is 9.67 Å². The number of fused-ring (bicyclic) bond motifs is 8. The maximum absolute atomic E-state index is 5.12. The van der Waals surface area contributed by atoms with Crippen molar-refractivity contribution < 1.29 is 0 Å². The lowest BCUT2D eigenvalue weighted by molar-refractivity contribution is 0.575. The van der Waals surface area contributed by atoms with Crippen molar-refractivity contribution in [1.29, 1.82) is 0 Å². The van der Waals surface area contributed by atoms with Crippen LogP contribution in [0.1, 0.15) is 32.3 Å². The third kappa shape index (κ3) is 3.41. The van der Waals surface area contributed by atoms with Gasteiger partial charge in [0.15, 0.2) is 0 Å². The highest BCUT2D eigenvalue weighted by molar-refractivity contribution is 6.10. The summed E-state index contributed by atoms with van der Waals surface area (Å²) in [7, 11) is 0. The Morgan fingerprint density at radius 3 is 2.11 bits per heavy atom. The summed E-state index contributed by atoms with van der Waals surface area (Å²) < 4.78 is 8.98. The molecule has 0 radical (unpaired) electrons. The van der Waals surface area contributed by atoms with Crippen LogP contribution < -0.4 is 0 Å². The van der Waals surface area contributed by atoms with Crippen molar-refractivity contribution in [2.75, 3.05) is 0 Å². The molecule has 9 aromatic rings. The normalized spacial score (nSPS) is 17.6. The van der Waals surface area contributed by atoms with Gasteiger partial charge in [-0.15, -0.1) is 0 Å². The fourth-order valence-electron chi connectivity index (χ4n) is 8.01. The molecule has 0 amide bonds. The van der Waals surface area contributed by atoms with E-state index < -0.39 is 0 Å². The van der Waals surface area contributed by atoms with Crippen LogP contribution in [0.25, 0.3) is 66.7 Å². The van der Waals surface area contributed by atoms with Gasteiger partial charge in [0.1, 0.15) is 0 Å². The van der Waals surface area contributed by atoms with E-state index in [0.717, 1.165) is 50.4 Å². The molecule has 5 aromatic carbocycles. The SMILES string of the molecule is C[C@H]1C(c2cnn(-c3cccc(-n4c5ccccc5c5ccc(-n6c7ccccc7n7c8ccccc8nc67)cc54)c3)c2)C1(C)C. The molecule has 4 heterocycles. The van der Waals surface area contributed by atoms with Crippen molar-refractivity contribution in [3.05, 3.63) is 133 Å². The van der Waals surface area contributed by atoms with Gasteiger partial charge in [-0.2, -0.15) is 5.10 Å². The Hall–Kier alpha value is -5.62. The summed E-state index contributed by atoms with van der Waals surface area (Å²) >= 11 is 0. The standard InChI is InChI=1S/C40H32N6/c1-25-38(40(25,2)3)26-23-41-43(24-26)27-11-10-12-28(21-27)44-33-15-6-4-13-30(33)31-20-19-29(22-37(31)44)45-35-17-8-9-18-36(35)46-34-16-7-5-14-32(34)42-39(45)46/h4-25,38H,1-3H3/t25-,38?/m0/s1. The average Bonchev–Trinajstić information content (AvgIpc) is 3.66. The molecule has 46 heavy (non-hydrogen) atoms. The highest BCUT2D eigenvalue weighted by atomic mass is 15.3. The molecule has 1 aliphatic rings. The van der Waals surface area contributed by atoms with Crippen LogP contribution in [0.4, 0.5) is 0 Å². The minimum Gasteiger partial charge on any atom is -0.309 e. The molecule has 4 aromatic heterocycles. The highest BCUT2D eigenvalue weighted by Crippen LogP contribution is 2.64. The Balaban J connectivity index is 1.19. The van der Waals surface area contributed by atoms with E-state index in [1.807, 2.05) is 4.68 Å². The van der Waals surface area contributed by atoms with Gasteiger partial charge >= 0.3 is 0 Å². The number of imidazole rings is 2. The monoisotopic (exact) mass is 596 g/mol. The van der Waals surface area contributed by atoms with Gasteiger partial charge in [-0.05, 0) is 83.5 Å². The summed E-state index contributed by atoms with van der Waals surface area (Å²) in [6.45, 7) is 7.05. The van der Waals surface area contributed by atoms with Crippen LogP contribution in [0, 0.1) is 11.3 Å². The molecule has 0 bridgehead atoms. The Labute approximate surface area is 265 Å². The number of hydrogen-bond donors (Lipinski definition) is 0. The van der Waals surface area contributed by atoms with Crippen molar-refractivity contribution >= 4 is 49.7 Å². The number of benzene rings is 5. The molecule has 0 aliphatic heterocycles. The Bertz CT molecular complexity index is 2660. The summed E-state index contributed by atoms with van der Waals surface area (Å²) in [5, 5.41) is 7.26. The van der Waals surface area contributed by atoms with Crippen molar-refractivity contribution in [1.82, 2.24) is 28.3 Å². The van der Waals surface area contributed by atoms with Crippen LogP contribution in [0.5, 0.6) is 0 Å². The molecule has 6 nitrogen and oxygen atoms in total. The van der Waals surface area contributed by atoms with Crippen LogP contribution in [-0.2, 0) is 0 Å². The molecule has 6 heteroatoms. The molecule has 222 valence electrons. The van der Waals surface area contributed by atoms with Crippen molar-refractivity contribution in [3.63, 3.8) is 0 Å². The first kappa shape index (κ1) is 25.7. The first-order chi connectivity index (χ1) is 22.5. The third-order valence-electron chi connectivity index (χ3n) is 10.7. The lowest BCUT2D eigenvalue weighted by atomic mass is 10.1. The summed E-state index contributed by atoms with van der Waals surface area (Å²) in [4.78, 5) is 5.12. The van der Waals surface area contributed by atoms with Crippen LogP contribution in [0.2, 0.25) is 0 Å². The fraction of sp³-hybridized carbons (Fsp3) is 0.150. The van der Waals surface area contributed by atoms with Crippen LogP contribution in [0.3, 0.4) is 0 Å². The van der Waals surface area contributed by atoms with E-state index >= 15 is 0 Å². The quantitative estimate of drug-likeness (QED) is 0.203. The zero-order valence-corrected chi connectivity index (χ0v) is 26.0. The number of rotatable bonds is 4. The van der Waals surface area contributed by atoms with Gasteiger partial charge in [-0.1, -0.05) is 75.4 Å². The maximum Gasteiger partial charge on any atom is 0.220 e. The van der Waals surface area contributed by atoms with E-state index in [4.69, 9.17) is 10.1 Å². The molecular weight excluding hydrogens is 564 g/mol.